The average Bonchev–Trinajstić information content (AvgIpc) is 2.38. The van der Waals surface area contributed by atoms with Crippen LogP contribution in [0.1, 0.15) is 26.5 Å². The number of nitrogens with one attached hydrogen (secondary N) is 2. The molecule has 1 aromatic heterocycles. The monoisotopic (exact) mass is 328 g/mol. The van der Waals surface area contributed by atoms with E-state index >= 15 is 0 Å². The highest BCUT2D eigenvalue weighted by molar-refractivity contribution is 5.54. The van der Waals surface area contributed by atoms with Crippen LogP contribution in [0.2, 0.25) is 0 Å². The Morgan fingerprint density at radius 1 is 1.09 bits per heavy atom. The molecule has 0 unspecified atom stereocenters. The zero-order valence-electron chi connectivity index (χ0n) is 12.7. The van der Waals surface area contributed by atoms with Gasteiger partial charge in [0.2, 0.25) is 5.95 Å². The van der Waals surface area contributed by atoms with E-state index in [-0.39, 0.29) is 23.0 Å². The van der Waals surface area contributed by atoms with Crippen LogP contribution >= 0.6 is 0 Å². The minimum Gasteiger partial charge on any atom is -0.406 e. The van der Waals surface area contributed by atoms with E-state index < -0.39 is 11.8 Å². The molecule has 9 heteroatoms. The van der Waals surface area contributed by atoms with Gasteiger partial charge in [-0.2, -0.15) is 0 Å². The summed E-state index contributed by atoms with van der Waals surface area (Å²) in [7, 11) is 0. The van der Waals surface area contributed by atoms with Crippen molar-refractivity contribution in [1.29, 1.82) is 0 Å². The van der Waals surface area contributed by atoms with Crippen LogP contribution in [0.15, 0.2) is 29.1 Å². The highest BCUT2D eigenvalue weighted by Gasteiger charge is 2.30. The molecule has 0 bridgehead atoms. The Balaban J connectivity index is 2.14. The van der Waals surface area contributed by atoms with E-state index in [0.29, 0.717) is 5.69 Å². The average molecular weight is 328 g/mol. The van der Waals surface area contributed by atoms with Gasteiger partial charge < -0.3 is 10.1 Å². The van der Waals surface area contributed by atoms with Gasteiger partial charge in [0.15, 0.2) is 0 Å². The van der Waals surface area contributed by atoms with E-state index in [1.54, 1.807) is 0 Å². The molecule has 23 heavy (non-hydrogen) atoms. The summed E-state index contributed by atoms with van der Waals surface area (Å²) in [6.45, 7) is 5.50. The van der Waals surface area contributed by atoms with Crippen LogP contribution in [-0.2, 0) is 5.41 Å². The van der Waals surface area contributed by atoms with Crippen LogP contribution in [0, 0.1) is 0 Å². The normalized spacial score (nSPS) is 12.1. The Labute approximate surface area is 129 Å². The number of ether oxygens (including phenoxy) is 1. The van der Waals surface area contributed by atoms with Crippen LogP contribution in [0.3, 0.4) is 0 Å². The molecule has 0 fully saturated rings. The maximum atomic E-state index is 12.1. The summed E-state index contributed by atoms with van der Waals surface area (Å²) < 4.78 is 40.0. The predicted octanol–water partition coefficient (Wildman–Crippen LogP) is 3.10. The molecule has 124 valence electrons. The summed E-state index contributed by atoms with van der Waals surface area (Å²) in [6, 6.07) is 5.01. The third-order valence-electron chi connectivity index (χ3n) is 2.76. The first-order valence-corrected chi connectivity index (χ1v) is 6.65. The second kappa shape index (κ2) is 5.90. The standard InChI is InChI=1S/C14H15F3N4O2/c1-13(2,3)10-11(22)19-12(21-20-10)18-8-4-6-9(7-5-8)23-14(15,16)17/h4-7H,1-3H3,(H2,18,19,21,22). The van der Waals surface area contributed by atoms with E-state index in [0.717, 1.165) is 12.1 Å². The first kappa shape index (κ1) is 16.8. The number of hydrogen-bond donors (Lipinski definition) is 2. The molecule has 2 rings (SSSR count). The highest BCUT2D eigenvalue weighted by Crippen LogP contribution is 2.24. The van der Waals surface area contributed by atoms with Gasteiger partial charge >= 0.3 is 6.36 Å². The number of hydrogen-bond acceptors (Lipinski definition) is 5. The van der Waals surface area contributed by atoms with Crippen molar-refractivity contribution in [1.82, 2.24) is 15.2 Å². The van der Waals surface area contributed by atoms with Crippen LogP contribution < -0.4 is 15.6 Å². The van der Waals surface area contributed by atoms with Crippen LogP contribution in [0.25, 0.3) is 0 Å². The van der Waals surface area contributed by atoms with Gasteiger partial charge in [-0.3, -0.25) is 9.78 Å². The Kier molecular flexibility index (Phi) is 4.31. The summed E-state index contributed by atoms with van der Waals surface area (Å²) in [6.07, 6.45) is -4.74. The molecule has 0 radical (unpaired) electrons. The maximum Gasteiger partial charge on any atom is 0.573 e. The van der Waals surface area contributed by atoms with Crippen molar-refractivity contribution in [3.05, 3.63) is 40.3 Å². The number of benzene rings is 1. The quantitative estimate of drug-likeness (QED) is 0.905. The summed E-state index contributed by atoms with van der Waals surface area (Å²) in [5.41, 5.74) is -0.118. The fourth-order valence-electron chi connectivity index (χ4n) is 1.76. The fourth-order valence-corrected chi connectivity index (χ4v) is 1.76. The Hall–Kier alpha value is -2.58. The number of aromatic amines is 1. The second-order valence-electron chi connectivity index (χ2n) is 5.80. The molecule has 1 heterocycles. The van der Waals surface area contributed by atoms with Gasteiger partial charge in [0, 0.05) is 11.1 Å². The number of anilines is 2. The zero-order valence-corrected chi connectivity index (χ0v) is 12.7. The van der Waals surface area contributed by atoms with Gasteiger partial charge in [-0.25, -0.2) is 0 Å². The molecule has 1 aromatic carbocycles. The van der Waals surface area contributed by atoms with E-state index in [1.165, 1.54) is 12.1 Å². The lowest BCUT2D eigenvalue weighted by atomic mass is 9.93. The lowest BCUT2D eigenvalue weighted by molar-refractivity contribution is -0.274. The molecular weight excluding hydrogens is 313 g/mol. The molecule has 0 aliphatic heterocycles. The van der Waals surface area contributed by atoms with Crippen molar-refractivity contribution in [2.45, 2.75) is 32.5 Å². The molecule has 0 spiro atoms. The molecule has 0 saturated carbocycles. The fraction of sp³-hybridized carbons (Fsp3) is 0.357. The minimum absolute atomic E-state index is 0.0903. The number of nitrogens with zero attached hydrogens (tertiary/aromatic N) is 2. The van der Waals surface area contributed by atoms with Crippen LogP contribution in [0.4, 0.5) is 24.8 Å². The molecule has 0 atom stereocenters. The smallest absolute Gasteiger partial charge is 0.406 e. The van der Waals surface area contributed by atoms with Crippen molar-refractivity contribution in [2.75, 3.05) is 5.32 Å². The van der Waals surface area contributed by atoms with Gasteiger partial charge in [-0.05, 0) is 24.3 Å². The van der Waals surface area contributed by atoms with E-state index in [2.05, 4.69) is 25.2 Å². The molecule has 0 aliphatic carbocycles. The Morgan fingerprint density at radius 2 is 1.70 bits per heavy atom. The van der Waals surface area contributed by atoms with Gasteiger partial charge in [0.05, 0.1) is 0 Å². The molecule has 2 N–H and O–H groups in total. The molecule has 0 saturated heterocycles. The number of aromatic nitrogens is 3. The lowest BCUT2D eigenvalue weighted by Crippen LogP contribution is -2.28. The van der Waals surface area contributed by atoms with Gasteiger partial charge in [0.1, 0.15) is 11.4 Å². The Bertz CT molecular complexity index is 733. The Morgan fingerprint density at radius 3 is 2.17 bits per heavy atom. The van der Waals surface area contributed by atoms with Crippen molar-refractivity contribution < 1.29 is 17.9 Å². The summed E-state index contributed by atoms with van der Waals surface area (Å²) in [5.74, 6) is -0.252. The first-order chi connectivity index (χ1) is 10.5. The first-order valence-electron chi connectivity index (χ1n) is 6.65. The van der Waals surface area contributed by atoms with Crippen LogP contribution in [-0.4, -0.2) is 21.5 Å². The SMILES string of the molecule is CC(C)(C)c1nnc(Nc2ccc(OC(F)(F)F)cc2)[nH]c1=O. The number of rotatable bonds is 3. The second-order valence-corrected chi connectivity index (χ2v) is 5.80. The molecule has 0 aliphatic rings. The van der Waals surface area contributed by atoms with E-state index in [9.17, 15) is 18.0 Å². The highest BCUT2D eigenvalue weighted by atomic mass is 19.4. The van der Waals surface area contributed by atoms with Crippen molar-refractivity contribution in [3.63, 3.8) is 0 Å². The van der Waals surface area contributed by atoms with Crippen LogP contribution in [0.5, 0.6) is 5.75 Å². The summed E-state index contributed by atoms with van der Waals surface area (Å²) in [4.78, 5) is 14.5. The summed E-state index contributed by atoms with van der Waals surface area (Å²) in [5, 5.41) is 10.5. The third kappa shape index (κ3) is 4.70. The largest absolute Gasteiger partial charge is 0.573 e. The van der Waals surface area contributed by atoms with E-state index in [1.807, 2.05) is 20.8 Å². The van der Waals surface area contributed by atoms with Crippen molar-refractivity contribution in [2.24, 2.45) is 0 Å². The topological polar surface area (TPSA) is 79.9 Å². The minimum atomic E-state index is -4.74. The van der Waals surface area contributed by atoms with Gasteiger partial charge in [0.25, 0.3) is 5.56 Å². The maximum absolute atomic E-state index is 12.1. The number of halogens is 3. The van der Waals surface area contributed by atoms with Gasteiger partial charge in [-0.15, -0.1) is 23.4 Å². The summed E-state index contributed by atoms with van der Waals surface area (Å²) >= 11 is 0. The predicted molar refractivity (Wildman–Crippen MR) is 77.8 cm³/mol. The van der Waals surface area contributed by atoms with Gasteiger partial charge in [-0.1, -0.05) is 20.8 Å². The van der Waals surface area contributed by atoms with Crippen molar-refractivity contribution >= 4 is 11.6 Å². The lowest BCUT2D eigenvalue weighted by Gasteiger charge is -2.15. The molecule has 2 aromatic rings. The van der Waals surface area contributed by atoms with Crippen molar-refractivity contribution in [3.8, 4) is 5.75 Å². The molecule has 6 nitrogen and oxygen atoms in total. The zero-order chi connectivity index (χ0) is 17.3. The molecule has 0 amide bonds. The van der Waals surface area contributed by atoms with E-state index in [4.69, 9.17) is 0 Å². The number of H-pyrrole nitrogens is 1. The molecular formula is C14H15F3N4O2. The third-order valence-corrected chi connectivity index (χ3v) is 2.76. The number of alkyl halides is 3.